The number of nitrogens with zero attached hydrogens (tertiary/aromatic N) is 1. The molecule has 1 atom stereocenters. The lowest BCUT2D eigenvalue weighted by Gasteiger charge is -2.04. The van der Waals surface area contributed by atoms with E-state index < -0.39 is 11.1 Å². The summed E-state index contributed by atoms with van der Waals surface area (Å²) in [4.78, 5) is 3.85. The zero-order valence-corrected chi connectivity index (χ0v) is 8.99. The minimum atomic E-state index is -2.06. The van der Waals surface area contributed by atoms with E-state index in [-0.39, 0.29) is 18.2 Å². The summed E-state index contributed by atoms with van der Waals surface area (Å²) in [5.41, 5.74) is 1.50. The summed E-state index contributed by atoms with van der Waals surface area (Å²) in [6.45, 7) is 0. The lowest BCUT2D eigenvalue weighted by Crippen LogP contribution is -1.95. The van der Waals surface area contributed by atoms with E-state index in [1.54, 1.807) is 12.3 Å². The molecule has 0 bridgehead atoms. The van der Waals surface area contributed by atoms with Crippen molar-refractivity contribution in [2.24, 2.45) is 0 Å². The fourth-order valence-electron chi connectivity index (χ4n) is 0.830. The maximum Gasteiger partial charge on any atom is 0.0489 e. The van der Waals surface area contributed by atoms with Crippen molar-refractivity contribution >= 4 is 35.1 Å². The number of alkyl halides is 1. The third-order valence-electron chi connectivity index (χ3n) is 1.29. The minimum Gasteiger partial charge on any atom is -0.772 e. The van der Waals surface area contributed by atoms with E-state index in [2.05, 4.69) is 4.98 Å². The Hall–Kier alpha value is -0.160. The second-order valence-electron chi connectivity index (χ2n) is 2.28. The Bertz CT molecular complexity index is 296. The van der Waals surface area contributed by atoms with Crippen LogP contribution < -0.4 is 0 Å². The van der Waals surface area contributed by atoms with Gasteiger partial charge in [-0.15, -0.1) is 24.0 Å². The fraction of sp³-hybridized carbons (Fsp3) is 0.286. The Morgan fingerprint density at radius 2 is 2.08 bits per heavy atom. The van der Waals surface area contributed by atoms with Crippen LogP contribution in [-0.4, -0.2) is 13.7 Å². The van der Waals surface area contributed by atoms with Crippen LogP contribution in [0.5, 0.6) is 0 Å². The minimum absolute atomic E-state index is 0. The molecule has 1 heterocycles. The molecule has 1 unspecified atom stereocenters. The molecule has 0 aliphatic heterocycles. The van der Waals surface area contributed by atoms with Crippen LogP contribution >= 0.6 is 24.0 Å². The van der Waals surface area contributed by atoms with E-state index in [0.717, 1.165) is 5.56 Å². The monoisotopic (exact) mass is 240 g/mol. The van der Waals surface area contributed by atoms with Crippen LogP contribution in [0.4, 0.5) is 0 Å². The molecule has 0 aliphatic rings. The highest BCUT2D eigenvalue weighted by Crippen LogP contribution is 2.06. The van der Waals surface area contributed by atoms with Crippen LogP contribution in [-0.2, 0) is 22.7 Å². The average Bonchev–Trinajstić information content (AvgIpc) is 2.03. The molecule has 0 amide bonds. The summed E-state index contributed by atoms with van der Waals surface area (Å²) < 4.78 is 20.6. The molecule has 1 aromatic rings. The van der Waals surface area contributed by atoms with Crippen molar-refractivity contribution in [2.45, 2.75) is 11.6 Å². The van der Waals surface area contributed by atoms with Gasteiger partial charge in [0.05, 0.1) is 0 Å². The van der Waals surface area contributed by atoms with Crippen LogP contribution in [0.1, 0.15) is 11.1 Å². The molecule has 0 saturated heterocycles. The largest absolute Gasteiger partial charge is 0.772 e. The first-order chi connectivity index (χ1) is 5.72. The maximum atomic E-state index is 10.3. The van der Waals surface area contributed by atoms with Crippen molar-refractivity contribution in [2.75, 3.05) is 0 Å². The van der Waals surface area contributed by atoms with Gasteiger partial charge in [-0.3, -0.25) is 9.19 Å². The summed E-state index contributed by atoms with van der Waals surface area (Å²) >= 11 is 3.48. The van der Waals surface area contributed by atoms with Crippen LogP contribution in [0.25, 0.3) is 0 Å². The molecule has 6 heteroatoms. The number of rotatable bonds is 3. The molecule has 13 heavy (non-hydrogen) atoms. The lowest BCUT2D eigenvalue weighted by molar-refractivity contribution is 0.536. The van der Waals surface area contributed by atoms with Crippen molar-refractivity contribution in [3.8, 4) is 0 Å². The molecule has 0 fully saturated rings. The van der Waals surface area contributed by atoms with Crippen molar-refractivity contribution in [1.29, 1.82) is 0 Å². The topological polar surface area (TPSA) is 53.0 Å². The van der Waals surface area contributed by atoms with Gasteiger partial charge in [0.15, 0.2) is 0 Å². The smallest absolute Gasteiger partial charge is 0.0489 e. The SMILES string of the molecule is Cl.O=S([O-])Cc1cncc(CCl)c1. The van der Waals surface area contributed by atoms with E-state index in [9.17, 15) is 8.76 Å². The molecule has 0 N–H and O–H groups in total. The second kappa shape index (κ2) is 6.32. The van der Waals surface area contributed by atoms with Crippen molar-refractivity contribution in [3.05, 3.63) is 29.6 Å². The molecular formula is C7H8Cl2NO2S-. The predicted octanol–water partition coefficient (Wildman–Crippen LogP) is 1.62. The Morgan fingerprint density at radius 1 is 1.46 bits per heavy atom. The first-order valence-corrected chi connectivity index (χ1v) is 5.05. The van der Waals surface area contributed by atoms with Crippen LogP contribution in [0.15, 0.2) is 18.5 Å². The third-order valence-corrected chi connectivity index (χ3v) is 2.17. The summed E-state index contributed by atoms with van der Waals surface area (Å²) in [5.74, 6) is 0.351. The van der Waals surface area contributed by atoms with Gasteiger partial charge in [0.25, 0.3) is 0 Å². The van der Waals surface area contributed by atoms with Gasteiger partial charge in [0.1, 0.15) is 0 Å². The number of hydrogen-bond donors (Lipinski definition) is 0. The number of pyridine rings is 1. The predicted molar refractivity (Wildman–Crippen MR) is 53.7 cm³/mol. The molecule has 0 radical (unpaired) electrons. The Morgan fingerprint density at radius 3 is 2.62 bits per heavy atom. The Kier molecular flexibility index (Phi) is 6.24. The molecule has 1 rings (SSSR count). The quantitative estimate of drug-likeness (QED) is 0.596. The van der Waals surface area contributed by atoms with Gasteiger partial charge in [-0.25, -0.2) is 0 Å². The molecule has 3 nitrogen and oxygen atoms in total. The molecule has 0 aliphatic carbocycles. The molecule has 0 aromatic carbocycles. The summed E-state index contributed by atoms with van der Waals surface area (Å²) in [6.07, 6.45) is 3.13. The highest BCUT2D eigenvalue weighted by molar-refractivity contribution is 7.78. The van der Waals surface area contributed by atoms with E-state index >= 15 is 0 Å². The number of hydrogen-bond acceptors (Lipinski definition) is 3. The van der Waals surface area contributed by atoms with Crippen molar-refractivity contribution in [3.63, 3.8) is 0 Å². The number of aromatic nitrogens is 1. The molecular weight excluding hydrogens is 233 g/mol. The number of halogens is 2. The van der Waals surface area contributed by atoms with Gasteiger partial charge < -0.3 is 4.55 Å². The van der Waals surface area contributed by atoms with Gasteiger partial charge in [-0.05, 0) is 11.1 Å². The Balaban J connectivity index is 0.00000144. The summed E-state index contributed by atoms with van der Waals surface area (Å²) in [6, 6.07) is 1.73. The van der Waals surface area contributed by atoms with Gasteiger partial charge in [-0.2, -0.15) is 0 Å². The van der Waals surface area contributed by atoms with Crippen LogP contribution in [0, 0.1) is 0 Å². The first kappa shape index (κ1) is 12.8. The highest BCUT2D eigenvalue weighted by Gasteiger charge is 1.95. The Labute approximate surface area is 90.2 Å². The molecule has 74 valence electrons. The zero-order chi connectivity index (χ0) is 8.97. The van der Waals surface area contributed by atoms with Crippen LogP contribution in [0.2, 0.25) is 0 Å². The summed E-state index contributed by atoms with van der Waals surface area (Å²) in [7, 11) is 0. The highest BCUT2D eigenvalue weighted by atomic mass is 35.5. The standard InChI is InChI=1S/C7H8ClNO2S.ClH/c8-2-6-1-7(4-9-3-6)5-12(10)11;/h1,3-4H,2,5H2,(H,10,11);1H/p-1. The average molecular weight is 241 g/mol. The van der Waals surface area contributed by atoms with Gasteiger partial charge >= 0.3 is 0 Å². The van der Waals surface area contributed by atoms with Gasteiger partial charge in [0, 0.05) is 24.0 Å². The molecule has 0 spiro atoms. The van der Waals surface area contributed by atoms with E-state index in [1.165, 1.54) is 6.20 Å². The van der Waals surface area contributed by atoms with Gasteiger partial charge in [0.2, 0.25) is 0 Å². The second-order valence-corrected chi connectivity index (χ2v) is 3.45. The van der Waals surface area contributed by atoms with Gasteiger partial charge in [-0.1, -0.05) is 17.1 Å². The molecule has 0 saturated carbocycles. The van der Waals surface area contributed by atoms with Crippen LogP contribution in [0.3, 0.4) is 0 Å². The van der Waals surface area contributed by atoms with Crippen molar-refractivity contribution in [1.82, 2.24) is 4.98 Å². The van der Waals surface area contributed by atoms with Crippen molar-refractivity contribution < 1.29 is 8.76 Å². The van der Waals surface area contributed by atoms with E-state index in [4.69, 9.17) is 11.6 Å². The summed E-state index contributed by atoms with van der Waals surface area (Å²) in [5, 5.41) is 0. The van der Waals surface area contributed by atoms with E-state index in [1.807, 2.05) is 0 Å². The molecule has 1 aromatic heterocycles. The van der Waals surface area contributed by atoms with E-state index in [0.29, 0.717) is 11.4 Å². The maximum absolute atomic E-state index is 10.3. The zero-order valence-electron chi connectivity index (χ0n) is 6.60. The first-order valence-electron chi connectivity index (χ1n) is 3.27. The normalized spacial score (nSPS) is 11.8. The third kappa shape index (κ3) is 4.57. The fourth-order valence-corrected chi connectivity index (χ4v) is 1.41. The lowest BCUT2D eigenvalue weighted by atomic mass is 10.2.